The van der Waals surface area contributed by atoms with E-state index in [-0.39, 0.29) is 11.8 Å². The zero-order valence-corrected chi connectivity index (χ0v) is 17.6. The fourth-order valence-corrected chi connectivity index (χ4v) is 3.60. The molecule has 31 heavy (non-hydrogen) atoms. The number of nitrogens with one attached hydrogen (secondary N) is 2. The lowest BCUT2D eigenvalue weighted by Crippen LogP contribution is -2.41. The number of morpholine rings is 1. The third-order valence-corrected chi connectivity index (χ3v) is 5.38. The summed E-state index contributed by atoms with van der Waals surface area (Å²) in [6.45, 7) is 6.51. The number of anilines is 1. The number of aromatic nitrogens is 1. The first kappa shape index (κ1) is 21.0. The number of para-hydroxylation sites is 1. The van der Waals surface area contributed by atoms with Crippen LogP contribution in [0.1, 0.15) is 26.4 Å². The fourth-order valence-electron chi connectivity index (χ4n) is 3.60. The molecule has 0 aliphatic carbocycles. The Bertz CT molecular complexity index is 1080. The molecule has 0 saturated carbocycles. The van der Waals surface area contributed by atoms with E-state index in [1.165, 1.54) is 0 Å². The van der Waals surface area contributed by atoms with Gasteiger partial charge < -0.3 is 15.4 Å². The predicted octanol–water partition coefficient (Wildman–Crippen LogP) is 2.86. The van der Waals surface area contributed by atoms with Crippen molar-refractivity contribution < 1.29 is 14.3 Å². The molecule has 160 valence electrons. The average molecular weight is 418 g/mol. The molecule has 1 fully saturated rings. The van der Waals surface area contributed by atoms with E-state index in [1.54, 1.807) is 24.3 Å². The number of ether oxygens (including phenoxy) is 1. The van der Waals surface area contributed by atoms with Crippen LogP contribution in [0.4, 0.5) is 5.69 Å². The summed E-state index contributed by atoms with van der Waals surface area (Å²) >= 11 is 0. The molecule has 3 aromatic rings. The molecular formula is C24H26N4O3. The summed E-state index contributed by atoms with van der Waals surface area (Å²) in [4.78, 5) is 31.9. The van der Waals surface area contributed by atoms with Crippen molar-refractivity contribution in [3.63, 3.8) is 0 Å². The van der Waals surface area contributed by atoms with Crippen molar-refractivity contribution >= 4 is 28.4 Å². The largest absolute Gasteiger partial charge is 0.379 e. The monoisotopic (exact) mass is 418 g/mol. The van der Waals surface area contributed by atoms with Crippen LogP contribution in [0, 0.1) is 6.92 Å². The van der Waals surface area contributed by atoms with Gasteiger partial charge in [-0.2, -0.15) is 0 Å². The Morgan fingerprint density at radius 3 is 2.55 bits per heavy atom. The van der Waals surface area contributed by atoms with Gasteiger partial charge in [-0.05, 0) is 43.3 Å². The van der Waals surface area contributed by atoms with Gasteiger partial charge in [-0.15, -0.1) is 0 Å². The molecule has 2 heterocycles. The van der Waals surface area contributed by atoms with E-state index in [2.05, 4.69) is 20.5 Å². The van der Waals surface area contributed by atoms with E-state index < -0.39 is 0 Å². The third kappa shape index (κ3) is 5.25. The van der Waals surface area contributed by atoms with Gasteiger partial charge >= 0.3 is 0 Å². The molecule has 0 radical (unpaired) electrons. The van der Waals surface area contributed by atoms with E-state index in [4.69, 9.17) is 4.74 Å². The molecule has 1 saturated heterocycles. The summed E-state index contributed by atoms with van der Waals surface area (Å²) in [5.41, 5.74) is 3.25. The van der Waals surface area contributed by atoms with Gasteiger partial charge in [0.05, 0.1) is 30.0 Å². The Morgan fingerprint density at radius 1 is 1.03 bits per heavy atom. The number of fused-ring (bicyclic) bond motifs is 1. The zero-order chi connectivity index (χ0) is 21.6. The van der Waals surface area contributed by atoms with E-state index in [1.807, 2.05) is 37.3 Å². The molecule has 1 aliphatic rings. The van der Waals surface area contributed by atoms with Crippen LogP contribution in [0.2, 0.25) is 0 Å². The average Bonchev–Trinajstić information content (AvgIpc) is 2.79. The Labute approximate surface area is 181 Å². The second kappa shape index (κ2) is 9.68. The van der Waals surface area contributed by atoms with Crippen LogP contribution in [0.3, 0.4) is 0 Å². The Hall–Kier alpha value is -3.29. The molecule has 1 aromatic heterocycles. The molecule has 2 N–H and O–H groups in total. The van der Waals surface area contributed by atoms with Gasteiger partial charge in [-0.3, -0.25) is 19.5 Å². The number of pyridine rings is 1. The minimum atomic E-state index is -0.224. The quantitative estimate of drug-likeness (QED) is 0.643. The van der Waals surface area contributed by atoms with Crippen molar-refractivity contribution in [2.24, 2.45) is 0 Å². The Morgan fingerprint density at radius 2 is 1.77 bits per heavy atom. The Balaban J connectivity index is 1.34. The van der Waals surface area contributed by atoms with E-state index in [9.17, 15) is 9.59 Å². The molecule has 0 atom stereocenters. The zero-order valence-electron chi connectivity index (χ0n) is 17.6. The molecule has 0 unspecified atom stereocenters. The third-order valence-electron chi connectivity index (χ3n) is 5.38. The van der Waals surface area contributed by atoms with Crippen molar-refractivity contribution in [1.82, 2.24) is 15.2 Å². The van der Waals surface area contributed by atoms with Gasteiger partial charge in [0.1, 0.15) is 0 Å². The minimum Gasteiger partial charge on any atom is -0.379 e. The van der Waals surface area contributed by atoms with Crippen molar-refractivity contribution in [3.05, 3.63) is 71.4 Å². The van der Waals surface area contributed by atoms with Gasteiger partial charge in [0.15, 0.2) is 0 Å². The summed E-state index contributed by atoms with van der Waals surface area (Å²) in [6, 6.07) is 16.5. The highest BCUT2D eigenvalue weighted by molar-refractivity contribution is 6.07. The smallest absolute Gasteiger partial charge is 0.257 e. The lowest BCUT2D eigenvalue weighted by molar-refractivity contribution is 0.0383. The summed E-state index contributed by atoms with van der Waals surface area (Å²) < 4.78 is 5.33. The van der Waals surface area contributed by atoms with Crippen LogP contribution in [-0.2, 0) is 4.74 Å². The van der Waals surface area contributed by atoms with Crippen LogP contribution in [0.15, 0.2) is 54.6 Å². The lowest BCUT2D eigenvalue weighted by atomic mass is 10.1. The molecule has 0 spiro atoms. The lowest BCUT2D eigenvalue weighted by Gasteiger charge is -2.26. The maximum atomic E-state index is 12.7. The molecule has 2 aromatic carbocycles. The van der Waals surface area contributed by atoms with Crippen LogP contribution in [0.5, 0.6) is 0 Å². The summed E-state index contributed by atoms with van der Waals surface area (Å²) in [5.74, 6) is -0.348. The molecule has 7 heteroatoms. The van der Waals surface area contributed by atoms with Gasteiger partial charge in [0.2, 0.25) is 0 Å². The van der Waals surface area contributed by atoms with E-state index in [0.717, 1.165) is 43.8 Å². The minimum absolute atomic E-state index is 0.124. The first-order valence-corrected chi connectivity index (χ1v) is 10.5. The fraction of sp³-hybridized carbons (Fsp3) is 0.292. The van der Waals surface area contributed by atoms with Gasteiger partial charge in [0.25, 0.3) is 11.8 Å². The summed E-state index contributed by atoms with van der Waals surface area (Å²) in [7, 11) is 0. The summed E-state index contributed by atoms with van der Waals surface area (Å²) in [5, 5.41) is 6.75. The van der Waals surface area contributed by atoms with Crippen molar-refractivity contribution in [1.29, 1.82) is 0 Å². The molecular weight excluding hydrogens is 392 g/mol. The highest BCUT2D eigenvalue weighted by atomic mass is 16.5. The standard InChI is InChI=1S/C24H26N4O3/c1-17-21(16-19-4-2-3-5-22(19)26-17)24(30)27-20-8-6-18(7-9-20)23(29)25-10-11-28-12-14-31-15-13-28/h2-9,16H,10-15H2,1H3,(H,25,29)(H,27,30). The maximum Gasteiger partial charge on any atom is 0.257 e. The first-order chi connectivity index (χ1) is 15.1. The van der Waals surface area contributed by atoms with Gasteiger partial charge in [-0.1, -0.05) is 18.2 Å². The van der Waals surface area contributed by atoms with E-state index >= 15 is 0 Å². The highest BCUT2D eigenvalue weighted by Gasteiger charge is 2.13. The molecule has 0 bridgehead atoms. The van der Waals surface area contributed by atoms with Crippen molar-refractivity contribution in [2.75, 3.05) is 44.7 Å². The summed E-state index contributed by atoms with van der Waals surface area (Å²) in [6.07, 6.45) is 0. The van der Waals surface area contributed by atoms with Crippen LogP contribution < -0.4 is 10.6 Å². The van der Waals surface area contributed by atoms with Crippen LogP contribution in [-0.4, -0.2) is 61.1 Å². The number of hydrogen-bond acceptors (Lipinski definition) is 5. The molecule has 2 amide bonds. The number of amides is 2. The normalized spacial score (nSPS) is 14.4. The number of carbonyl (C=O) groups is 2. The van der Waals surface area contributed by atoms with Gasteiger partial charge in [0, 0.05) is 42.8 Å². The highest BCUT2D eigenvalue weighted by Crippen LogP contribution is 2.18. The number of nitrogens with zero attached hydrogens (tertiary/aromatic N) is 2. The number of hydrogen-bond donors (Lipinski definition) is 2. The first-order valence-electron chi connectivity index (χ1n) is 10.5. The SMILES string of the molecule is Cc1nc2ccccc2cc1C(=O)Nc1ccc(C(=O)NCCN2CCOCC2)cc1. The number of rotatable bonds is 6. The maximum absolute atomic E-state index is 12.7. The second-order valence-corrected chi connectivity index (χ2v) is 7.56. The molecule has 1 aliphatic heterocycles. The van der Waals surface area contributed by atoms with Crippen LogP contribution >= 0.6 is 0 Å². The van der Waals surface area contributed by atoms with Crippen LogP contribution in [0.25, 0.3) is 10.9 Å². The topological polar surface area (TPSA) is 83.6 Å². The second-order valence-electron chi connectivity index (χ2n) is 7.56. The Kier molecular flexibility index (Phi) is 6.54. The molecule has 7 nitrogen and oxygen atoms in total. The predicted molar refractivity (Wildman–Crippen MR) is 120 cm³/mol. The number of aryl methyl sites for hydroxylation is 1. The molecule has 4 rings (SSSR count). The van der Waals surface area contributed by atoms with Crippen molar-refractivity contribution in [3.8, 4) is 0 Å². The van der Waals surface area contributed by atoms with Gasteiger partial charge in [-0.25, -0.2) is 0 Å². The van der Waals surface area contributed by atoms with Crippen molar-refractivity contribution in [2.45, 2.75) is 6.92 Å². The number of carbonyl (C=O) groups excluding carboxylic acids is 2. The van der Waals surface area contributed by atoms with E-state index in [0.29, 0.717) is 29.1 Å². The number of benzene rings is 2.